The van der Waals surface area contributed by atoms with Crippen LogP contribution >= 0.6 is 0 Å². The van der Waals surface area contributed by atoms with Gasteiger partial charge in [-0.2, -0.15) is 0 Å². The van der Waals surface area contributed by atoms with Gasteiger partial charge in [0.1, 0.15) is 0 Å². The number of unbranched alkanes of at least 4 members (excludes halogenated alkanes) is 1. The molecule has 0 aromatic rings. The highest BCUT2D eigenvalue weighted by molar-refractivity contribution is 5.66. The van der Waals surface area contributed by atoms with Gasteiger partial charge in [-0.1, -0.05) is 17.7 Å². The van der Waals surface area contributed by atoms with Gasteiger partial charge in [-0.3, -0.25) is 4.79 Å². The van der Waals surface area contributed by atoms with E-state index in [0.717, 1.165) is 30.9 Å². The van der Waals surface area contributed by atoms with Crippen molar-refractivity contribution in [3.63, 3.8) is 0 Å². The molecule has 0 spiro atoms. The third-order valence-electron chi connectivity index (χ3n) is 6.18. The Bertz CT molecular complexity index is 583. The number of carboxylic acids is 1. The van der Waals surface area contributed by atoms with E-state index in [1.807, 2.05) is 19.9 Å². The molecule has 6 heteroatoms. The smallest absolute Gasteiger partial charge is 0.303 e. The summed E-state index contributed by atoms with van der Waals surface area (Å²) in [6.07, 6.45) is 8.41. The Morgan fingerprint density at radius 3 is 2.69 bits per heavy atom. The van der Waals surface area contributed by atoms with Crippen LogP contribution in [0.4, 0.5) is 8.78 Å². The van der Waals surface area contributed by atoms with Crippen molar-refractivity contribution in [1.29, 1.82) is 0 Å². The third kappa shape index (κ3) is 8.17. The molecule has 5 atom stereocenters. The van der Waals surface area contributed by atoms with Gasteiger partial charge >= 0.3 is 5.97 Å². The fraction of sp³-hybridized carbons (Fsp3) is 0.783. The second-order valence-electron chi connectivity index (χ2n) is 8.94. The Kier molecular flexibility index (Phi) is 9.28. The minimum Gasteiger partial charge on any atom is -0.481 e. The van der Waals surface area contributed by atoms with E-state index < -0.39 is 18.0 Å². The number of halogens is 2. The first-order chi connectivity index (χ1) is 13.7. The largest absolute Gasteiger partial charge is 0.481 e. The van der Waals surface area contributed by atoms with E-state index in [9.17, 15) is 18.7 Å². The molecule has 2 fully saturated rings. The van der Waals surface area contributed by atoms with E-state index in [1.165, 1.54) is 6.08 Å². The third-order valence-corrected chi connectivity index (χ3v) is 6.18. The molecule has 1 heterocycles. The van der Waals surface area contributed by atoms with Crippen LogP contribution in [-0.2, 0) is 9.53 Å². The van der Waals surface area contributed by atoms with Crippen molar-refractivity contribution in [2.24, 2.45) is 17.8 Å². The van der Waals surface area contributed by atoms with Crippen LogP contribution in [0.5, 0.6) is 0 Å². The molecule has 1 aliphatic heterocycles. The van der Waals surface area contributed by atoms with Crippen LogP contribution in [0.1, 0.15) is 71.6 Å². The Morgan fingerprint density at radius 2 is 2.00 bits per heavy atom. The maximum absolute atomic E-state index is 14.2. The highest BCUT2D eigenvalue weighted by Gasteiger charge is 2.43. The summed E-state index contributed by atoms with van der Waals surface area (Å²) in [5, 5.41) is 19.2. The lowest BCUT2D eigenvalue weighted by molar-refractivity contribution is -0.137. The second-order valence-corrected chi connectivity index (χ2v) is 8.94. The SMILES string of the molecule is CC(C)=CCCCC(F)(F)/C=C/[C@@H]1[C@H]2CC[C@H](CCCC(=O)O)CO[C@H]2C[C@H]1O. The molecule has 166 valence electrons. The number of carboxylic acid groups (broad SMARTS) is 1. The molecule has 0 unspecified atom stereocenters. The van der Waals surface area contributed by atoms with Crippen LogP contribution in [0.25, 0.3) is 0 Å². The summed E-state index contributed by atoms with van der Waals surface area (Å²) >= 11 is 0. The van der Waals surface area contributed by atoms with Crippen molar-refractivity contribution in [2.45, 2.75) is 89.8 Å². The standard InChI is InChI=1S/C23H36F2O4/c1-16(2)6-3-4-12-23(24,25)13-11-18-19-10-9-17(7-5-8-22(27)28)15-29-21(19)14-20(18)26/h6,11,13,17-21,26H,3-5,7-10,12,14-15H2,1-2H3,(H,27,28)/b13-11+/t17-,18+,19+,20+,21-/m0/s1. The van der Waals surface area contributed by atoms with Crippen molar-refractivity contribution in [3.05, 3.63) is 23.8 Å². The van der Waals surface area contributed by atoms with Gasteiger partial charge in [0, 0.05) is 31.8 Å². The highest BCUT2D eigenvalue weighted by atomic mass is 19.3. The van der Waals surface area contributed by atoms with Crippen LogP contribution in [0.15, 0.2) is 23.8 Å². The van der Waals surface area contributed by atoms with E-state index in [1.54, 1.807) is 0 Å². The summed E-state index contributed by atoms with van der Waals surface area (Å²) in [7, 11) is 0. The summed E-state index contributed by atoms with van der Waals surface area (Å²) < 4.78 is 34.5. The summed E-state index contributed by atoms with van der Waals surface area (Å²) in [5.74, 6) is -3.60. The maximum atomic E-state index is 14.2. The molecule has 0 bridgehead atoms. The van der Waals surface area contributed by atoms with Crippen LogP contribution < -0.4 is 0 Å². The lowest BCUT2D eigenvalue weighted by Crippen LogP contribution is -2.22. The fourth-order valence-electron chi connectivity index (χ4n) is 4.55. The topological polar surface area (TPSA) is 66.8 Å². The number of carbonyl (C=O) groups is 1. The van der Waals surface area contributed by atoms with Gasteiger partial charge in [-0.25, -0.2) is 8.78 Å². The van der Waals surface area contributed by atoms with Crippen LogP contribution in [0, 0.1) is 17.8 Å². The molecule has 2 aliphatic rings. The van der Waals surface area contributed by atoms with Crippen molar-refractivity contribution in [2.75, 3.05) is 6.61 Å². The Labute approximate surface area is 173 Å². The molecule has 1 saturated carbocycles. The lowest BCUT2D eigenvalue weighted by atomic mass is 9.86. The van der Waals surface area contributed by atoms with Crippen molar-refractivity contribution in [1.82, 2.24) is 0 Å². The van der Waals surface area contributed by atoms with E-state index in [-0.39, 0.29) is 30.8 Å². The quantitative estimate of drug-likeness (QED) is 0.373. The maximum Gasteiger partial charge on any atom is 0.303 e. The molecule has 0 radical (unpaired) electrons. The van der Waals surface area contributed by atoms with Gasteiger partial charge in [0.05, 0.1) is 12.2 Å². The molecule has 0 aromatic carbocycles. The molecule has 4 nitrogen and oxygen atoms in total. The Morgan fingerprint density at radius 1 is 1.24 bits per heavy atom. The van der Waals surface area contributed by atoms with E-state index in [2.05, 4.69) is 0 Å². The molecule has 1 aliphatic carbocycles. The number of fused-ring (bicyclic) bond motifs is 1. The van der Waals surface area contributed by atoms with E-state index >= 15 is 0 Å². The molecule has 1 saturated heterocycles. The summed E-state index contributed by atoms with van der Waals surface area (Å²) in [4.78, 5) is 10.7. The number of alkyl halides is 2. The van der Waals surface area contributed by atoms with Crippen LogP contribution in [-0.4, -0.2) is 40.9 Å². The first-order valence-electron chi connectivity index (χ1n) is 10.9. The highest BCUT2D eigenvalue weighted by Crippen LogP contribution is 2.42. The number of aliphatic hydroxyl groups excluding tert-OH is 1. The summed E-state index contributed by atoms with van der Waals surface area (Å²) in [6.45, 7) is 4.48. The number of rotatable bonds is 10. The predicted octanol–water partition coefficient (Wildman–Crippen LogP) is 5.36. The Balaban J connectivity index is 1.88. The van der Waals surface area contributed by atoms with Gasteiger partial charge in [-0.15, -0.1) is 0 Å². The minimum atomic E-state index is -2.86. The van der Waals surface area contributed by atoms with Gasteiger partial charge in [-0.05, 0) is 70.3 Å². The molecule has 2 N–H and O–H groups in total. The average molecular weight is 415 g/mol. The second kappa shape index (κ2) is 11.2. The molecule has 29 heavy (non-hydrogen) atoms. The first-order valence-corrected chi connectivity index (χ1v) is 10.9. The summed E-state index contributed by atoms with van der Waals surface area (Å²) in [6, 6.07) is 0. The van der Waals surface area contributed by atoms with Gasteiger partial charge in [0.2, 0.25) is 0 Å². The number of ether oxygens (including phenoxy) is 1. The van der Waals surface area contributed by atoms with Crippen LogP contribution in [0.3, 0.4) is 0 Å². The zero-order valence-corrected chi connectivity index (χ0v) is 17.7. The van der Waals surface area contributed by atoms with Gasteiger partial charge < -0.3 is 14.9 Å². The molecule has 0 aromatic heterocycles. The van der Waals surface area contributed by atoms with Crippen molar-refractivity contribution >= 4 is 5.97 Å². The molecular formula is C23H36F2O4. The first kappa shape index (κ1) is 24.0. The van der Waals surface area contributed by atoms with Crippen molar-refractivity contribution in [3.8, 4) is 0 Å². The zero-order valence-electron chi connectivity index (χ0n) is 17.7. The van der Waals surface area contributed by atoms with Gasteiger partial charge in [0.25, 0.3) is 5.92 Å². The summed E-state index contributed by atoms with van der Waals surface area (Å²) in [5.41, 5.74) is 1.14. The monoisotopic (exact) mass is 414 g/mol. The minimum absolute atomic E-state index is 0.0483. The average Bonchev–Trinajstić information content (AvgIpc) is 2.79. The number of hydrogen-bond donors (Lipinski definition) is 2. The predicted molar refractivity (Wildman–Crippen MR) is 109 cm³/mol. The van der Waals surface area contributed by atoms with Crippen molar-refractivity contribution < 1.29 is 28.5 Å². The van der Waals surface area contributed by atoms with Crippen LogP contribution in [0.2, 0.25) is 0 Å². The number of aliphatic carboxylic acids is 1. The number of allylic oxidation sites excluding steroid dienone is 3. The fourth-order valence-corrected chi connectivity index (χ4v) is 4.55. The molecule has 0 amide bonds. The van der Waals surface area contributed by atoms with E-state index in [4.69, 9.17) is 9.84 Å². The zero-order chi connectivity index (χ0) is 21.4. The molecule has 2 rings (SSSR count). The van der Waals surface area contributed by atoms with Gasteiger partial charge in [0.15, 0.2) is 0 Å². The number of aliphatic hydroxyl groups is 1. The van der Waals surface area contributed by atoms with E-state index in [0.29, 0.717) is 38.2 Å². The molecular weight excluding hydrogens is 378 g/mol. The lowest BCUT2D eigenvalue weighted by Gasteiger charge is -2.21. The Hall–Kier alpha value is -1.27. The normalized spacial score (nSPS) is 30.2. The number of hydrogen-bond acceptors (Lipinski definition) is 3.